The monoisotopic (exact) mass is 576 g/mol. The van der Waals surface area contributed by atoms with E-state index in [-0.39, 0.29) is 0 Å². The van der Waals surface area contributed by atoms with E-state index in [9.17, 15) is 0 Å². The van der Waals surface area contributed by atoms with Gasteiger partial charge >= 0.3 is 8.80 Å². The Hall–Kier alpha value is 0.367. The first-order valence-corrected chi connectivity index (χ1v) is 18.7. The molecule has 0 aliphatic carbocycles. The lowest BCUT2D eigenvalue weighted by Crippen LogP contribution is -2.48. The van der Waals surface area contributed by atoms with Gasteiger partial charge in [0.25, 0.3) is 0 Å². The summed E-state index contributed by atoms with van der Waals surface area (Å²) in [4.78, 5) is 4.31. The molecule has 1 atom stereocenters. The Morgan fingerprint density at radius 1 is 0.553 bits per heavy atom. The van der Waals surface area contributed by atoms with E-state index in [4.69, 9.17) is 25.9 Å². The second kappa shape index (κ2) is 27.5. The molecular weight excluding hydrogens is 509 g/mol. The predicted octanol–water partition coefficient (Wildman–Crippen LogP) is 8.46. The largest absolute Gasteiger partial charge is 0.501 e. The fraction of sp³-hybridized carbons (Fsp3) is 1.00. The predicted molar refractivity (Wildman–Crippen MR) is 173 cm³/mol. The standard InChI is InChI=1S/C31H68N2O3SSi/c1-7-9-10-11-12-13-14-15-16-17-18-19-20-21-22-23-27-34-38(30-24-31(37)8-2,35-28-25-32(3)4)36-29-26-33(5)6/h31,37H,7-30H2,1-6H3. The Labute approximate surface area is 245 Å². The van der Waals surface area contributed by atoms with Crippen molar-refractivity contribution in [3.05, 3.63) is 0 Å². The molecule has 0 aliphatic heterocycles. The van der Waals surface area contributed by atoms with Crippen LogP contribution in [0.25, 0.3) is 0 Å². The summed E-state index contributed by atoms with van der Waals surface area (Å²) in [5.41, 5.74) is 0. The third-order valence-corrected chi connectivity index (χ3v) is 10.8. The van der Waals surface area contributed by atoms with Crippen molar-refractivity contribution in [3.8, 4) is 0 Å². The number of unbranched alkanes of at least 4 members (excludes halogenated alkanes) is 15. The highest BCUT2D eigenvalue weighted by Gasteiger charge is 2.41. The number of hydrogen-bond acceptors (Lipinski definition) is 6. The van der Waals surface area contributed by atoms with E-state index < -0.39 is 8.80 Å². The molecule has 0 saturated heterocycles. The van der Waals surface area contributed by atoms with Crippen LogP contribution in [0.2, 0.25) is 6.04 Å². The molecule has 5 nitrogen and oxygen atoms in total. The molecule has 0 heterocycles. The number of rotatable bonds is 30. The maximum absolute atomic E-state index is 6.53. The fourth-order valence-electron chi connectivity index (χ4n) is 4.53. The fourth-order valence-corrected chi connectivity index (χ4v) is 7.55. The van der Waals surface area contributed by atoms with E-state index in [0.29, 0.717) is 18.5 Å². The first-order chi connectivity index (χ1) is 18.3. The SMILES string of the molecule is CCCCCCCCCCCCCCCCCCO[Si](CCC(S)CC)(OCCN(C)C)OCCN(C)C. The molecule has 0 radical (unpaired) electrons. The van der Waals surface area contributed by atoms with Gasteiger partial charge in [-0.15, -0.1) is 0 Å². The summed E-state index contributed by atoms with van der Waals surface area (Å²) in [5, 5.41) is 0.371. The van der Waals surface area contributed by atoms with Crippen molar-refractivity contribution in [2.24, 2.45) is 0 Å². The zero-order valence-electron chi connectivity index (χ0n) is 26.6. The van der Waals surface area contributed by atoms with Crippen molar-refractivity contribution in [3.63, 3.8) is 0 Å². The molecule has 38 heavy (non-hydrogen) atoms. The van der Waals surface area contributed by atoms with Crippen molar-refractivity contribution in [2.45, 2.75) is 141 Å². The van der Waals surface area contributed by atoms with Gasteiger partial charge in [-0.05, 0) is 47.5 Å². The smallest absolute Gasteiger partial charge is 0.373 e. The second-order valence-corrected chi connectivity index (χ2v) is 15.2. The lowest BCUT2D eigenvalue weighted by atomic mass is 10.0. The minimum absolute atomic E-state index is 0.371. The van der Waals surface area contributed by atoms with E-state index in [1.165, 1.54) is 96.3 Å². The molecule has 0 saturated carbocycles. The van der Waals surface area contributed by atoms with Crippen LogP contribution in [0.4, 0.5) is 0 Å². The van der Waals surface area contributed by atoms with Gasteiger partial charge in [-0.25, -0.2) is 0 Å². The first kappa shape index (κ1) is 38.4. The Balaban J connectivity index is 4.17. The van der Waals surface area contributed by atoms with E-state index >= 15 is 0 Å². The van der Waals surface area contributed by atoms with E-state index in [2.05, 4.69) is 51.8 Å². The average Bonchev–Trinajstić information content (AvgIpc) is 2.88. The molecule has 0 rings (SSSR count). The highest BCUT2D eigenvalue weighted by molar-refractivity contribution is 7.80. The maximum atomic E-state index is 6.53. The van der Waals surface area contributed by atoms with E-state index in [0.717, 1.165) is 45.0 Å². The minimum Gasteiger partial charge on any atom is -0.373 e. The molecule has 230 valence electrons. The van der Waals surface area contributed by atoms with Crippen LogP contribution in [0.15, 0.2) is 0 Å². The second-order valence-electron chi connectivity index (χ2n) is 11.7. The number of likely N-dealkylation sites (N-methyl/N-ethyl adjacent to an activating group) is 2. The molecule has 1 unspecified atom stereocenters. The number of nitrogens with zero attached hydrogens (tertiary/aromatic N) is 2. The highest BCUT2D eigenvalue weighted by Crippen LogP contribution is 2.23. The summed E-state index contributed by atoms with van der Waals surface area (Å²) >= 11 is 4.74. The molecule has 0 N–H and O–H groups in total. The van der Waals surface area contributed by atoms with Gasteiger partial charge in [0.2, 0.25) is 0 Å². The third-order valence-electron chi connectivity index (χ3n) is 7.30. The summed E-state index contributed by atoms with van der Waals surface area (Å²) in [6.07, 6.45) is 24.1. The quantitative estimate of drug-likeness (QED) is 0.0527. The number of thiol groups is 1. The van der Waals surface area contributed by atoms with Crippen molar-refractivity contribution in [1.82, 2.24) is 9.80 Å². The maximum Gasteiger partial charge on any atom is 0.501 e. The molecule has 0 aliphatic rings. The Morgan fingerprint density at radius 3 is 1.29 bits per heavy atom. The van der Waals surface area contributed by atoms with Crippen molar-refractivity contribution in [1.29, 1.82) is 0 Å². The molecule has 0 aromatic carbocycles. The first-order valence-electron chi connectivity index (χ1n) is 16.2. The summed E-state index contributed by atoms with van der Waals surface area (Å²) in [7, 11) is 5.60. The molecule has 0 bridgehead atoms. The van der Waals surface area contributed by atoms with Gasteiger partial charge in [-0.3, -0.25) is 0 Å². The molecule has 0 aromatic rings. The van der Waals surface area contributed by atoms with Gasteiger partial charge in [0, 0.05) is 31.0 Å². The van der Waals surface area contributed by atoms with Crippen LogP contribution in [0.5, 0.6) is 0 Å². The summed E-state index contributed by atoms with van der Waals surface area (Å²) in [5.74, 6) is 0. The van der Waals surface area contributed by atoms with Gasteiger partial charge in [0.1, 0.15) is 0 Å². The zero-order chi connectivity index (χ0) is 28.3. The summed E-state index contributed by atoms with van der Waals surface area (Å²) in [6, 6.07) is 0.856. The molecule has 0 fully saturated rings. The average molecular weight is 577 g/mol. The normalized spacial score (nSPS) is 13.2. The lowest BCUT2D eigenvalue weighted by Gasteiger charge is -2.31. The Kier molecular flexibility index (Phi) is 27.8. The molecule has 0 amide bonds. The van der Waals surface area contributed by atoms with Gasteiger partial charge < -0.3 is 23.1 Å². The van der Waals surface area contributed by atoms with E-state index in [1.54, 1.807) is 0 Å². The van der Waals surface area contributed by atoms with Crippen LogP contribution in [0.3, 0.4) is 0 Å². The number of hydrogen-bond donors (Lipinski definition) is 1. The lowest BCUT2D eigenvalue weighted by molar-refractivity contribution is 0.0493. The van der Waals surface area contributed by atoms with E-state index in [1.807, 2.05) is 0 Å². The molecule has 0 spiro atoms. The van der Waals surface area contributed by atoms with Crippen LogP contribution in [-0.2, 0) is 13.3 Å². The topological polar surface area (TPSA) is 34.2 Å². The van der Waals surface area contributed by atoms with Crippen LogP contribution in [0, 0.1) is 0 Å². The van der Waals surface area contributed by atoms with Crippen molar-refractivity contribution in [2.75, 3.05) is 61.1 Å². The summed E-state index contributed by atoms with van der Waals surface area (Å²) in [6.45, 7) is 8.31. The molecule has 0 aromatic heterocycles. The van der Waals surface area contributed by atoms with Crippen LogP contribution in [0.1, 0.15) is 129 Å². The Bertz CT molecular complexity index is 472. The van der Waals surface area contributed by atoms with Crippen LogP contribution >= 0.6 is 12.6 Å². The van der Waals surface area contributed by atoms with Gasteiger partial charge in [0.05, 0.1) is 13.2 Å². The minimum atomic E-state index is -2.72. The van der Waals surface area contributed by atoms with Crippen LogP contribution in [-0.4, -0.2) is 85.0 Å². The van der Waals surface area contributed by atoms with Gasteiger partial charge in [0.15, 0.2) is 0 Å². The third kappa shape index (κ3) is 25.3. The van der Waals surface area contributed by atoms with Crippen molar-refractivity contribution < 1.29 is 13.3 Å². The Morgan fingerprint density at radius 2 is 0.921 bits per heavy atom. The zero-order valence-corrected chi connectivity index (χ0v) is 28.5. The van der Waals surface area contributed by atoms with Gasteiger partial charge in [-0.1, -0.05) is 110 Å². The van der Waals surface area contributed by atoms with Gasteiger partial charge in [-0.2, -0.15) is 12.6 Å². The summed E-state index contributed by atoms with van der Waals surface area (Å²) < 4.78 is 19.4. The van der Waals surface area contributed by atoms with Crippen LogP contribution < -0.4 is 0 Å². The molecular formula is C31H68N2O3SSi. The highest BCUT2D eigenvalue weighted by atomic mass is 32.1. The molecule has 7 heteroatoms. The van der Waals surface area contributed by atoms with Crippen molar-refractivity contribution >= 4 is 21.4 Å².